The fraction of sp³-hybridized carbons (Fsp3) is 0.400. The van der Waals surface area contributed by atoms with E-state index in [0.29, 0.717) is 16.4 Å². The lowest BCUT2D eigenvalue weighted by atomic mass is 10.3. The highest BCUT2D eigenvalue weighted by atomic mass is 32.2. The summed E-state index contributed by atoms with van der Waals surface area (Å²) >= 11 is 2.92. The normalized spacial score (nSPS) is 10.1. The number of carbonyl (C=O) groups is 2. The van der Waals surface area contributed by atoms with E-state index in [2.05, 4.69) is 10.7 Å². The first-order valence-electron chi connectivity index (χ1n) is 4.97. The average molecular weight is 273 g/mol. The summed E-state index contributed by atoms with van der Waals surface area (Å²) in [5.41, 5.74) is 3.18. The fourth-order valence-electron chi connectivity index (χ4n) is 1.17. The van der Waals surface area contributed by atoms with Crippen molar-refractivity contribution in [2.45, 2.75) is 12.7 Å². The molecule has 1 aromatic heterocycles. The number of thioether (sulfide) groups is 1. The molecular formula is C10H15N3O2S2. The molecule has 0 fully saturated rings. The molecule has 4 N–H and O–H groups in total. The molecule has 0 bridgehead atoms. The van der Waals surface area contributed by atoms with Gasteiger partial charge in [-0.2, -0.15) is 0 Å². The van der Waals surface area contributed by atoms with Crippen LogP contribution in [0.15, 0.2) is 6.07 Å². The second-order valence-corrected chi connectivity index (χ2v) is 5.57. The Morgan fingerprint density at radius 3 is 2.82 bits per heavy atom. The predicted molar refractivity (Wildman–Crippen MR) is 70.9 cm³/mol. The SMILES string of the molecule is CNC(=O)CSCc1cc(C(=O)NN)sc1C. The minimum atomic E-state index is -0.277. The van der Waals surface area contributed by atoms with Gasteiger partial charge >= 0.3 is 0 Å². The van der Waals surface area contributed by atoms with Crippen LogP contribution in [0.4, 0.5) is 0 Å². The van der Waals surface area contributed by atoms with E-state index in [9.17, 15) is 9.59 Å². The van der Waals surface area contributed by atoms with Crippen LogP contribution in [0.2, 0.25) is 0 Å². The molecule has 1 aromatic rings. The van der Waals surface area contributed by atoms with Crippen molar-refractivity contribution in [2.75, 3.05) is 12.8 Å². The molecule has 0 saturated heterocycles. The second kappa shape index (κ2) is 6.63. The highest BCUT2D eigenvalue weighted by Gasteiger charge is 2.11. The van der Waals surface area contributed by atoms with Crippen molar-refractivity contribution in [3.63, 3.8) is 0 Å². The number of nitrogens with one attached hydrogen (secondary N) is 2. The van der Waals surface area contributed by atoms with Crippen molar-refractivity contribution in [2.24, 2.45) is 5.84 Å². The van der Waals surface area contributed by atoms with Crippen LogP contribution in [-0.2, 0) is 10.5 Å². The summed E-state index contributed by atoms with van der Waals surface area (Å²) in [6.07, 6.45) is 0. The van der Waals surface area contributed by atoms with Gasteiger partial charge in [-0.3, -0.25) is 15.0 Å². The highest BCUT2D eigenvalue weighted by molar-refractivity contribution is 7.99. The van der Waals surface area contributed by atoms with Crippen molar-refractivity contribution in [3.8, 4) is 0 Å². The molecule has 0 aliphatic rings. The van der Waals surface area contributed by atoms with E-state index >= 15 is 0 Å². The maximum Gasteiger partial charge on any atom is 0.275 e. The van der Waals surface area contributed by atoms with E-state index < -0.39 is 0 Å². The summed E-state index contributed by atoms with van der Waals surface area (Å²) in [6, 6.07) is 1.82. The molecule has 0 aromatic carbocycles. The minimum Gasteiger partial charge on any atom is -0.358 e. The molecule has 17 heavy (non-hydrogen) atoms. The van der Waals surface area contributed by atoms with E-state index in [4.69, 9.17) is 5.84 Å². The number of hydrogen-bond donors (Lipinski definition) is 3. The van der Waals surface area contributed by atoms with Crippen LogP contribution < -0.4 is 16.6 Å². The Kier molecular flexibility index (Phi) is 5.46. The zero-order valence-electron chi connectivity index (χ0n) is 9.70. The number of amides is 2. The molecule has 0 spiro atoms. The molecule has 0 aliphatic heterocycles. The summed E-state index contributed by atoms with van der Waals surface area (Å²) in [6.45, 7) is 1.95. The van der Waals surface area contributed by atoms with Gasteiger partial charge in [0.05, 0.1) is 10.6 Å². The summed E-state index contributed by atoms with van der Waals surface area (Å²) in [4.78, 5) is 24.0. The minimum absolute atomic E-state index is 0.00260. The van der Waals surface area contributed by atoms with Gasteiger partial charge in [0, 0.05) is 17.7 Å². The van der Waals surface area contributed by atoms with Gasteiger partial charge in [0.25, 0.3) is 5.91 Å². The molecule has 0 radical (unpaired) electrons. The Labute approximate surface area is 108 Å². The zero-order valence-corrected chi connectivity index (χ0v) is 11.3. The van der Waals surface area contributed by atoms with Crippen molar-refractivity contribution >= 4 is 34.9 Å². The average Bonchev–Trinajstić information content (AvgIpc) is 2.69. The zero-order chi connectivity index (χ0) is 12.8. The number of hydrazine groups is 1. The highest BCUT2D eigenvalue weighted by Crippen LogP contribution is 2.25. The van der Waals surface area contributed by atoms with Gasteiger partial charge in [-0.25, -0.2) is 5.84 Å². The number of aryl methyl sites for hydroxylation is 1. The standard InChI is InChI=1S/C10H15N3O2S2/c1-6-7(4-16-5-9(14)12-2)3-8(17-6)10(15)13-11/h3H,4-5,11H2,1-2H3,(H,12,14)(H,13,15). The summed E-state index contributed by atoms with van der Waals surface area (Å²) in [5, 5.41) is 2.56. The second-order valence-electron chi connectivity index (χ2n) is 3.33. The number of nitrogens with two attached hydrogens (primary N) is 1. The summed E-state index contributed by atoms with van der Waals surface area (Å²) < 4.78 is 0. The van der Waals surface area contributed by atoms with Crippen LogP contribution in [0.25, 0.3) is 0 Å². The monoisotopic (exact) mass is 273 g/mol. The smallest absolute Gasteiger partial charge is 0.275 e. The van der Waals surface area contributed by atoms with Crippen molar-refractivity contribution in [3.05, 3.63) is 21.4 Å². The van der Waals surface area contributed by atoms with E-state index in [1.165, 1.54) is 23.1 Å². The van der Waals surface area contributed by atoms with Crippen molar-refractivity contribution in [1.29, 1.82) is 0 Å². The van der Waals surface area contributed by atoms with Crippen LogP contribution in [0, 0.1) is 6.92 Å². The van der Waals surface area contributed by atoms with Gasteiger partial charge in [0.15, 0.2) is 0 Å². The quantitative estimate of drug-likeness (QED) is 0.417. The number of rotatable bonds is 5. The Hall–Kier alpha value is -1.05. The van der Waals surface area contributed by atoms with Crippen molar-refractivity contribution in [1.82, 2.24) is 10.7 Å². The third-order valence-corrected chi connectivity index (χ3v) is 4.22. The van der Waals surface area contributed by atoms with E-state index in [-0.39, 0.29) is 11.8 Å². The molecule has 1 rings (SSSR count). The van der Waals surface area contributed by atoms with Crippen LogP contribution in [0.1, 0.15) is 20.1 Å². The topological polar surface area (TPSA) is 84.2 Å². The van der Waals surface area contributed by atoms with Gasteiger partial charge < -0.3 is 5.32 Å². The lowest BCUT2D eigenvalue weighted by molar-refractivity contribution is -0.118. The van der Waals surface area contributed by atoms with Crippen LogP contribution in [-0.4, -0.2) is 24.6 Å². The third kappa shape index (κ3) is 4.03. The third-order valence-electron chi connectivity index (χ3n) is 2.15. The van der Waals surface area contributed by atoms with Gasteiger partial charge in [0.1, 0.15) is 0 Å². The first-order chi connectivity index (χ1) is 8.08. The summed E-state index contributed by atoms with van der Waals surface area (Å²) in [7, 11) is 1.61. The van der Waals surface area contributed by atoms with Crippen LogP contribution in [0.3, 0.4) is 0 Å². The van der Waals surface area contributed by atoms with Gasteiger partial charge in [-0.15, -0.1) is 23.1 Å². The molecule has 7 heteroatoms. The maximum absolute atomic E-state index is 11.3. The first kappa shape index (κ1) is 14.0. The number of hydrogen-bond acceptors (Lipinski definition) is 5. The maximum atomic E-state index is 11.3. The Morgan fingerprint density at radius 1 is 1.53 bits per heavy atom. The van der Waals surface area contributed by atoms with Gasteiger partial charge in [-0.05, 0) is 18.6 Å². The van der Waals surface area contributed by atoms with Gasteiger partial charge in [-0.1, -0.05) is 0 Å². The largest absolute Gasteiger partial charge is 0.358 e. The molecule has 1 heterocycles. The molecule has 2 amide bonds. The Balaban J connectivity index is 2.57. The molecule has 0 saturated carbocycles. The molecule has 0 unspecified atom stereocenters. The Morgan fingerprint density at radius 2 is 2.24 bits per heavy atom. The van der Waals surface area contributed by atoms with Crippen molar-refractivity contribution < 1.29 is 9.59 Å². The van der Waals surface area contributed by atoms with E-state index in [1.54, 1.807) is 7.05 Å². The summed E-state index contributed by atoms with van der Waals surface area (Å²) in [5.74, 6) is 5.93. The lowest BCUT2D eigenvalue weighted by Gasteiger charge is -2.00. The van der Waals surface area contributed by atoms with Crippen LogP contribution >= 0.6 is 23.1 Å². The number of thiophene rings is 1. The number of nitrogen functional groups attached to an aromatic ring is 1. The Bertz CT molecular complexity index is 418. The lowest BCUT2D eigenvalue weighted by Crippen LogP contribution is -2.29. The first-order valence-corrected chi connectivity index (χ1v) is 6.94. The fourth-order valence-corrected chi connectivity index (χ4v) is 3.16. The number of carbonyl (C=O) groups excluding carboxylic acids is 2. The molecule has 0 atom stereocenters. The van der Waals surface area contributed by atoms with Crippen LogP contribution in [0.5, 0.6) is 0 Å². The molecule has 94 valence electrons. The molecular weight excluding hydrogens is 258 g/mol. The van der Waals surface area contributed by atoms with E-state index in [1.807, 2.05) is 13.0 Å². The van der Waals surface area contributed by atoms with E-state index in [0.717, 1.165) is 10.4 Å². The van der Waals surface area contributed by atoms with Gasteiger partial charge in [0.2, 0.25) is 5.91 Å². The predicted octanol–water partition coefficient (Wildman–Crippen LogP) is 0.639. The molecule has 5 nitrogen and oxygen atoms in total. The molecule has 0 aliphatic carbocycles.